The molecule has 0 saturated heterocycles. The number of Topliss-reactive ketones (excluding diaryl/α,β-unsaturated/α-hetero) is 1. The molecule has 2 unspecified atom stereocenters. The minimum Gasteiger partial charge on any atom is -0.393 e. The molecule has 1 N–H and O–H groups in total. The largest absolute Gasteiger partial charge is 0.393 e. The van der Waals surface area contributed by atoms with Gasteiger partial charge in [-0.05, 0) is 37.2 Å². The van der Waals surface area contributed by atoms with Crippen LogP contribution in [0.1, 0.15) is 45.4 Å². The third-order valence-corrected chi connectivity index (χ3v) is 4.26. The van der Waals surface area contributed by atoms with Crippen molar-refractivity contribution in [2.45, 2.75) is 51.6 Å². The fraction of sp³-hybridized carbons (Fsp3) is 0.667. The molecule has 94 valence electrons. The molecule has 17 heavy (non-hydrogen) atoms. The first-order valence-electron chi connectivity index (χ1n) is 6.61. The van der Waals surface area contributed by atoms with Crippen molar-refractivity contribution in [2.75, 3.05) is 0 Å². The summed E-state index contributed by atoms with van der Waals surface area (Å²) in [5.41, 5.74) is 1.07. The summed E-state index contributed by atoms with van der Waals surface area (Å²) in [6, 6.07) is 0. The van der Waals surface area contributed by atoms with Crippen LogP contribution in [0.3, 0.4) is 0 Å². The number of rotatable bonds is 3. The van der Waals surface area contributed by atoms with Gasteiger partial charge in [0.15, 0.2) is 0 Å². The lowest BCUT2D eigenvalue weighted by molar-refractivity contribution is -0.127. The number of aliphatic hydroxyl groups is 1. The van der Waals surface area contributed by atoms with Gasteiger partial charge >= 0.3 is 0 Å². The second-order valence-corrected chi connectivity index (χ2v) is 5.70. The lowest BCUT2D eigenvalue weighted by atomic mass is 9.63. The first kappa shape index (κ1) is 12.6. The summed E-state index contributed by atoms with van der Waals surface area (Å²) in [6.07, 6.45) is 9.59. The second-order valence-electron chi connectivity index (χ2n) is 5.70. The molecule has 2 heteroatoms. The van der Waals surface area contributed by atoms with Gasteiger partial charge in [-0.3, -0.25) is 4.79 Å². The van der Waals surface area contributed by atoms with Gasteiger partial charge in [0.1, 0.15) is 5.78 Å². The molecule has 0 aromatic heterocycles. The highest BCUT2D eigenvalue weighted by atomic mass is 16.3. The van der Waals surface area contributed by atoms with E-state index in [4.69, 9.17) is 0 Å². The number of hydrogen-bond acceptors (Lipinski definition) is 2. The molecule has 2 atom stereocenters. The van der Waals surface area contributed by atoms with Crippen molar-refractivity contribution in [3.8, 4) is 0 Å². The third kappa shape index (κ3) is 2.37. The molecular formula is C15H22O2. The zero-order chi connectivity index (χ0) is 12.5. The van der Waals surface area contributed by atoms with Crippen LogP contribution >= 0.6 is 0 Å². The van der Waals surface area contributed by atoms with Crippen molar-refractivity contribution in [1.29, 1.82) is 0 Å². The van der Waals surface area contributed by atoms with Crippen LogP contribution in [0.15, 0.2) is 24.3 Å². The SMILES string of the molecule is C=C1C=CCC2(CCCC2)C1C(=O)CC(C)O. The standard InChI is InChI=1S/C15H22O2/c1-11-6-5-9-15(7-3-4-8-15)14(11)13(17)10-12(2)16/h5-6,12,14,16H,1,3-4,7-10H2,2H3. The summed E-state index contributed by atoms with van der Waals surface area (Å²) in [7, 11) is 0. The Kier molecular flexibility index (Phi) is 3.53. The van der Waals surface area contributed by atoms with Crippen LogP contribution in [0, 0.1) is 11.3 Å². The zero-order valence-electron chi connectivity index (χ0n) is 10.6. The summed E-state index contributed by atoms with van der Waals surface area (Å²) in [6.45, 7) is 5.73. The number of carbonyl (C=O) groups excluding carboxylic acids is 1. The van der Waals surface area contributed by atoms with Crippen LogP contribution in [0.25, 0.3) is 0 Å². The minimum atomic E-state index is -0.542. The minimum absolute atomic E-state index is 0.0513. The van der Waals surface area contributed by atoms with Crippen LogP contribution in [0.5, 0.6) is 0 Å². The second kappa shape index (κ2) is 4.77. The fourth-order valence-corrected chi connectivity index (χ4v) is 3.58. The Hall–Kier alpha value is -0.890. The van der Waals surface area contributed by atoms with Crippen molar-refractivity contribution in [2.24, 2.45) is 11.3 Å². The number of ketones is 1. The van der Waals surface area contributed by atoms with Gasteiger partial charge in [-0.2, -0.15) is 0 Å². The lowest BCUT2D eigenvalue weighted by Gasteiger charge is -2.39. The quantitative estimate of drug-likeness (QED) is 0.815. The van der Waals surface area contributed by atoms with Crippen molar-refractivity contribution in [3.63, 3.8) is 0 Å². The van der Waals surface area contributed by atoms with E-state index in [1.165, 1.54) is 12.8 Å². The molecule has 1 spiro atoms. The highest BCUT2D eigenvalue weighted by Crippen LogP contribution is 2.52. The Labute approximate surface area is 103 Å². The molecule has 0 bridgehead atoms. The van der Waals surface area contributed by atoms with E-state index in [2.05, 4.69) is 12.7 Å². The van der Waals surface area contributed by atoms with E-state index in [-0.39, 0.29) is 23.5 Å². The summed E-state index contributed by atoms with van der Waals surface area (Å²) >= 11 is 0. The van der Waals surface area contributed by atoms with E-state index in [0.29, 0.717) is 0 Å². The number of aliphatic hydroxyl groups excluding tert-OH is 1. The average molecular weight is 234 g/mol. The van der Waals surface area contributed by atoms with Crippen LogP contribution in [0.4, 0.5) is 0 Å². The molecule has 0 aromatic rings. The monoisotopic (exact) mass is 234 g/mol. The summed E-state index contributed by atoms with van der Waals surface area (Å²) in [4.78, 5) is 12.3. The maximum absolute atomic E-state index is 12.3. The van der Waals surface area contributed by atoms with Crippen molar-refractivity contribution in [1.82, 2.24) is 0 Å². The van der Waals surface area contributed by atoms with Gasteiger partial charge in [-0.25, -0.2) is 0 Å². The summed E-state index contributed by atoms with van der Waals surface area (Å²) in [5, 5.41) is 9.40. The van der Waals surface area contributed by atoms with Gasteiger partial charge in [0.25, 0.3) is 0 Å². The van der Waals surface area contributed by atoms with E-state index in [0.717, 1.165) is 24.8 Å². The van der Waals surface area contributed by atoms with Crippen LogP contribution in [-0.4, -0.2) is 17.0 Å². The maximum Gasteiger partial charge on any atom is 0.143 e. The van der Waals surface area contributed by atoms with Gasteiger partial charge < -0.3 is 5.11 Å². The van der Waals surface area contributed by atoms with Gasteiger partial charge in [0, 0.05) is 12.3 Å². The predicted octanol–water partition coefficient (Wildman–Crippen LogP) is 3.02. The van der Waals surface area contributed by atoms with Crippen LogP contribution in [-0.2, 0) is 4.79 Å². The van der Waals surface area contributed by atoms with Crippen molar-refractivity contribution >= 4 is 5.78 Å². The molecule has 0 aromatic carbocycles. The molecule has 2 nitrogen and oxygen atoms in total. The Morgan fingerprint density at radius 3 is 2.82 bits per heavy atom. The first-order chi connectivity index (χ1) is 8.05. The van der Waals surface area contributed by atoms with Gasteiger partial charge in [0.05, 0.1) is 6.10 Å². The molecule has 1 fully saturated rings. The Morgan fingerprint density at radius 2 is 2.24 bits per heavy atom. The smallest absolute Gasteiger partial charge is 0.143 e. The predicted molar refractivity (Wildman–Crippen MR) is 68.6 cm³/mol. The normalized spacial score (nSPS) is 28.6. The Balaban J connectivity index is 2.23. The Bertz CT molecular complexity index is 346. The fourth-order valence-electron chi connectivity index (χ4n) is 3.58. The number of carbonyl (C=O) groups is 1. The van der Waals surface area contributed by atoms with E-state index >= 15 is 0 Å². The molecule has 2 aliphatic carbocycles. The topological polar surface area (TPSA) is 37.3 Å². The maximum atomic E-state index is 12.3. The zero-order valence-corrected chi connectivity index (χ0v) is 10.6. The molecule has 1 saturated carbocycles. The number of hydrogen-bond donors (Lipinski definition) is 1. The molecule has 0 aliphatic heterocycles. The number of allylic oxidation sites excluding steroid dienone is 3. The summed E-state index contributed by atoms with van der Waals surface area (Å²) in [5.74, 6) is 0.126. The van der Waals surface area contributed by atoms with Crippen LogP contribution < -0.4 is 0 Å². The van der Waals surface area contributed by atoms with E-state index < -0.39 is 6.10 Å². The molecular weight excluding hydrogens is 212 g/mol. The van der Waals surface area contributed by atoms with Gasteiger partial charge in [-0.1, -0.05) is 31.6 Å². The van der Waals surface area contributed by atoms with Crippen LogP contribution in [0.2, 0.25) is 0 Å². The molecule has 0 radical (unpaired) electrons. The van der Waals surface area contributed by atoms with E-state index in [1.807, 2.05) is 6.08 Å². The van der Waals surface area contributed by atoms with Gasteiger partial charge in [0.2, 0.25) is 0 Å². The van der Waals surface area contributed by atoms with Crippen molar-refractivity contribution < 1.29 is 9.90 Å². The first-order valence-corrected chi connectivity index (χ1v) is 6.61. The van der Waals surface area contributed by atoms with Gasteiger partial charge in [-0.15, -0.1) is 0 Å². The Morgan fingerprint density at radius 1 is 1.59 bits per heavy atom. The molecule has 0 amide bonds. The highest BCUT2D eigenvalue weighted by molar-refractivity contribution is 5.86. The average Bonchev–Trinajstić information content (AvgIpc) is 2.65. The summed E-state index contributed by atoms with van der Waals surface area (Å²) < 4.78 is 0. The third-order valence-electron chi connectivity index (χ3n) is 4.26. The van der Waals surface area contributed by atoms with Crippen molar-refractivity contribution in [3.05, 3.63) is 24.3 Å². The molecule has 2 rings (SSSR count). The molecule has 2 aliphatic rings. The highest BCUT2D eigenvalue weighted by Gasteiger charge is 2.45. The van der Waals surface area contributed by atoms with E-state index in [9.17, 15) is 9.90 Å². The van der Waals surface area contributed by atoms with E-state index in [1.54, 1.807) is 6.92 Å². The molecule has 0 heterocycles. The lowest BCUT2D eigenvalue weighted by Crippen LogP contribution is -2.37.